The number of nitrogens with one attached hydrogen (secondary N) is 1. The van der Waals surface area contributed by atoms with Gasteiger partial charge in [-0.1, -0.05) is 17.7 Å². The largest absolute Gasteiger partial charge is 0.493 e. The zero-order chi connectivity index (χ0) is 22.8. The van der Waals surface area contributed by atoms with E-state index in [-0.39, 0.29) is 12.5 Å². The molecule has 31 heavy (non-hydrogen) atoms. The molecule has 1 N–H and O–H groups in total. The summed E-state index contributed by atoms with van der Waals surface area (Å²) in [5.74, 6) is 0.449. The number of ether oxygens (including phenoxy) is 2. The Labute approximate surface area is 184 Å². The minimum Gasteiger partial charge on any atom is -0.493 e. The van der Waals surface area contributed by atoms with Gasteiger partial charge < -0.3 is 14.8 Å². The average molecular weight is 447 g/mol. The summed E-state index contributed by atoms with van der Waals surface area (Å²) in [6.07, 6.45) is 1.27. The van der Waals surface area contributed by atoms with Crippen molar-refractivity contribution in [3.8, 4) is 11.5 Å². The number of hydrogen-bond donors (Lipinski definition) is 1. The van der Waals surface area contributed by atoms with Crippen molar-refractivity contribution in [2.75, 3.05) is 32.6 Å². The number of methoxy groups -OCH3 is 2. The Morgan fingerprint density at radius 1 is 1.03 bits per heavy atom. The highest BCUT2D eigenvalue weighted by Gasteiger charge is 2.35. The topological polar surface area (TPSA) is 84.9 Å². The molecule has 2 aromatic rings. The summed E-state index contributed by atoms with van der Waals surface area (Å²) in [6, 6.07) is 8.90. The van der Waals surface area contributed by atoms with Gasteiger partial charge in [0.1, 0.15) is 0 Å². The second kappa shape index (κ2) is 9.28. The Bertz CT molecular complexity index is 1060. The number of sulfonamides is 1. The standard InChI is InChI=1S/C23H30N2O5S/c1-15-11-16(2)22(17(3)12-15)31(27,28)25-10-6-7-18(14-25)23(26)24-19-8-9-20(29-4)21(13-19)30-5/h8-9,11-13,18H,6-7,10,14H2,1-5H3,(H,24,26)/t18-/m0/s1. The smallest absolute Gasteiger partial charge is 0.243 e. The lowest BCUT2D eigenvalue weighted by Gasteiger charge is -2.32. The normalized spacial score (nSPS) is 17.3. The third kappa shape index (κ3) is 4.85. The molecule has 1 aliphatic heterocycles. The summed E-state index contributed by atoms with van der Waals surface area (Å²) < 4.78 is 38.7. The lowest BCUT2D eigenvalue weighted by molar-refractivity contribution is -0.120. The number of nitrogens with zero attached hydrogens (tertiary/aromatic N) is 1. The van der Waals surface area contributed by atoms with Gasteiger partial charge in [-0.15, -0.1) is 0 Å². The highest BCUT2D eigenvalue weighted by atomic mass is 32.2. The van der Waals surface area contributed by atoms with Gasteiger partial charge in [-0.3, -0.25) is 4.79 Å². The molecular formula is C23H30N2O5S. The molecule has 7 nitrogen and oxygen atoms in total. The van der Waals surface area contributed by atoms with Crippen molar-refractivity contribution >= 4 is 21.6 Å². The molecule has 0 radical (unpaired) electrons. The SMILES string of the molecule is COc1ccc(NC(=O)[C@H]2CCCN(S(=O)(=O)c3c(C)cc(C)cc3C)C2)cc1OC. The molecule has 2 aromatic carbocycles. The first-order valence-corrected chi connectivity index (χ1v) is 11.7. The molecular weight excluding hydrogens is 416 g/mol. The Morgan fingerprint density at radius 2 is 1.68 bits per heavy atom. The molecule has 1 saturated heterocycles. The summed E-state index contributed by atoms with van der Waals surface area (Å²) in [6.45, 7) is 6.16. The maximum absolute atomic E-state index is 13.4. The van der Waals surface area contributed by atoms with E-state index in [1.165, 1.54) is 11.4 Å². The van der Waals surface area contributed by atoms with E-state index in [1.54, 1.807) is 25.3 Å². The van der Waals surface area contributed by atoms with Crippen LogP contribution in [0.15, 0.2) is 35.2 Å². The van der Waals surface area contributed by atoms with Crippen molar-refractivity contribution < 1.29 is 22.7 Å². The molecule has 3 rings (SSSR count). The molecule has 1 aliphatic rings. The number of amides is 1. The van der Waals surface area contributed by atoms with Gasteiger partial charge in [0.2, 0.25) is 15.9 Å². The highest BCUT2D eigenvalue weighted by Crippen LogP contribution is 2.32. The third-order valence-electron chi connectivity index (χ3n) is 5.61. The Hall–Kier alpha value is -2.58. The van der Waals surface area contributed by atoms with Gasteiger partial charge >= 0.3 is 0 Å². The Morgan fingerprint density at radius 3 is 2.29 bits per heavy atom. The molecule has 168 valence electrons. The predicted molar refractivity (Wildman–Crippen MR) is 120 cm³/mol. The molecule has 0 aliphatic carbocycles. The monoisotopic (exact) mass is 446 g/mol. The van der Waals surface area contributed by atoms with E-state index in [0.717, 1.165) is 16.7 Å². The quantitative estimate of drug-likeness (QED) is 0.732. The molecule has 1 amide bonds. The number of carbonyl (C=O) groups is 1. The maximum atomic E-state index is 13.4. The molecule has 0 bridgehead atoms. The van der Waals surface area contributed by atoms with Crippen LogP contribution in [0.3, 0.4) is 0 Å². The predicted octanol–water partition coefficient (Wildman–Crippen LogP) is 3.67. The van der Waals surface area contributed by atoms with E-state index in [4.69, 9.17) is 9.47 Å². The number of piperidine rings is 1. The number of anilines is 1. The van der Waals surface area contributed by atoms with Crippen molar-refractivity contribution in [3.05, 3.63) is 47.0 Å². The van der Waals surface area contributed by atoms with Crippen LogP contribution in [-0.2, 0) is 14.8 Å². The van der Waals surface area contributed by atoms with Gasteiger partial charge in [0, 0.05) is 24.8 Å². The van der Waals surface area contributed by atoms with Gasteiger partial charge in [0.25, 0.3) is 0 Å². The van der Waals surface area contributed by atoms with Crippen LogP contribution in [0.25, 0.3) is 0 Å². The molecule has 0 aromatic heterocycles. The Balaban J connectivity index is 1.78. The fraction of sp³-hybridized carbons (Fsp3) is 0.435. The van der Waals surface area contributed by atoms with Crippen LogP contribution in [0, 0.1) is 26.7 Å². The zero-order valence-electron chi connectivity index (χ0n) is 18.7. The lowest BCUT2D eigenvalue weighted by Crippen LogP contribution is -2.44. The van der Waals surface area contributed by atoms with Gasteiger partial charge in [-0.25, -0.2) is 8.42 Å². The van der Waals surface area contributed by atoms with E-state index in [0.29, 0.717) is 41.5 Å². The van der Waals surface area contributed by atoms with Gasteiger partial charge in [0.15, 0.2) is 11.5 Å². The minimum absolute atomic E-state index is 0.161. The van der Waals surface area contributed by atoms with Crippen LogP contribution in [0.2, 0.25) is 0 Å². The number of hydrogen-bond acceptors (Lipinski definition) is 5. The molecule has 1 heterocycles. The third-order valence-corrected chi connectivity index (χ3v) is 7.78. The fourth-order valence-corrected chi connectivity index (χ4v) is 6.17. The van der Waals surface area contributed by atoms with E-state index in [1.807, 2.05) is 32.9 Å². The summed E-state index contributed by atoms with van der Waals surface area (Å²) in [5, 5.41) is 2.88. The van der Waals surface area contributed by atoms with Crippen LogP contribution >= 0.6 is 0 Å². The van der Waals surface area contributed by atoms with Crippen molar-refractivity contribution in [1.29, 1.82) is 0 Å². The summed E-state index contributed by atoms with van der Waals surface area (Å²) in [4.78, 5) is 13.3. The second-order valence-corrected chi connectivity index (χ2v) is 9.86. The van der Waals surface area contributed by atoms with Crippen molar-refractivity contribution in [2.45, 2.75) is 38.5 Å². The van der Waals surface area contributed by atoms with Crippen LogP contribution in [0.4, 0.5) is 5.69 Å². The summed E-state index contributed by atoms with van der Waals surface area (Å²) in [5.41, 5.74) is 3.07. The molecule has 8 heteroatoms. The summed E-state index contributed by atoms with van der Waals surface area (Å²) in [7, 11) is -0.606. The zero-order valence-corrected chi connectivity index (χ0v) is 19.5. The molecule has 1 atom stereocenters. The minimum atomic E-state index is -3.68. The Kier molecular flexibility index (Phi) is 6.91. The first-order valence-electron chi connectivity index (χ1n) is 10.3. The van der Waals surface area contributed by atoms with E-state index in [2.05, 4.69) is 5.32 Å². The number of rotatable bonds is 6. The van der Waals surface area contributed by atoms with E-state index < -0.39 is 15.9 Å². The number of carbonyl (C=O) groups excluding carboxylic acids is 1. The fourth-order valence-electron chi connectivity index (χ4n) is 4.24. The van der Waals surface area contributed by atoms with Gasteiger partial charge in [0.05, 0.1) is 25.0 Å². The van der Waals surface area contributed by atoms with Gasteiger partial charge in [-0.2, -0.15) is 4.31 Å². The first-order chi connectivity index (χ1) is 14.7. The molecule has 0 spiro atoms. The average Bonchev–Trinajstić information content (AvgIpc) is 2.72. The lowest BCUT2D eigenvalue weighted by atomic mass is 9.98. The highest BCUT2D eigenvalue weighted by molar-refractivity contribution is 7.89. The molecule has 1 fully saturated rings. The van der Waals surface area contributed by atoms with Crippen molar-refractivity contribution in [3.63, 3.8) is 0 Å². The van der Waals surface area contributed by atoms with Crippen LogP contribution in [0.1, 0.15) is 29.5 Å². The second-order valence-electron chi connectivity index (χ2n) is 7.99. The van der Waals surface area contributed by atoms with E-state index >= 15 is 0 Å². The molecule has 0 saturated carbocycles. The van der Waals surface area contributed by atoms with Crippen LogP contribution in [0.5, 0.6) is 11.5 Å². The van der Waals surface area contributed by atoms with E-state index in [9.17, 15) is 13.2 Å². The molecule has 0 unspecified atom stereocenters. The van der Waals surface area contributed by atoms with Gasteiger partial charge in [-0.05, 0) is 56.9 Å². The maximum Gasteiger partial charge on any atom is 0.243 e. The first kappa shape index (κ1) is 23.1. The van der Waals surface area contributed by atoms with Crippen molar-refractivity contribution in [1.82, 2.24) is 4.31 Å². The summed E-state index contributed by atoms with van der Waals surface area (Å²) >= 11 is 0. The van der Waals surface area contributed by atoms with Crippen LogP contribution in [-0.4, -0.2) is 45.9 Å². The number of benzene rings is 2. The van der Waals surface area contributed by atoms with Crippen molar-refractivity contribution in [2.24, 2.45) is 5.92 Å². The van der Waals surface area contributed by atoms with Crippen LogP contribution < -0.4 is 14.8 Å². The number of aryl methyl sites for hydroxylation is 3.